The highest BCUT2D eigenvalue weighted by atomic mass is 79.9. The maximum absolute atomic E-state index is 13.1. The van der Waals surface area contributed by atoms with Crippen molar-refractivity contribution in [3.8, 4) is 5.75 Å². The molecule has 1 amide bonds. The van der Waals surface area contributed by atoms with E-state index in [1.54, 1.807) is 0 Å². The van der Waals surface area contributed by atoms with Crippen LogP contribution in [0.1, 0.15) is 32.9 Å². The van der Waals surface area contributed by atoms with Crippen molar-refractivity contribution in [1.82, 2.24) is 15.0 Å². The van der Waals surface area contributed by atoms with E-state index in [-0.39, 0.29) is 12.5 Å². The fourth-order valence-electron chi connectivity index (χ4n) is 3.74. The van der Waals surface area contributed by atoms with Gasteiger partial charge in [-0.1, -0.05) is 45.4 Å². The first-order chi connectivity index (χ1) is 15.0. The Hall–Kier alpha value is -2.64. The van der Waals surface area contributed by atoms with Gasteiger partial charge in [0, 0.05) is 37.2 Å². The largest absolute Gasteiger partial charge is 0.489 e. The average Bonchev–Trinajstić information content (AvgIpc) is 3.13. The quantitative estimate of drug-likeness (QED) is 0.512. The maximum atomic E-state index is 13.1. The zero-order valence-corrected chi connectivity index (χ0v) is 19.4. The lowest BCUT2D eigenvalue weighted by molar-refractivity contribution is 0.0616. The molecular weight excluding hydrogens is 458 g/mol. The Morgan fingerprint density at radius 2 is 1.87 bits per heavy atom. The Morgan fingerprint density at radius 3 is 2.61 bits per heavy atom. The van der Waals surface area contributed by atoms with Crippen LogP contribution in [0.4, 0.5) is 0 Å². The zero-order chi connectivity index (χ0) is 21.8. The number of hydrogen-bond donors (Lipinski definition) is 0. The number of ether oxygens (including phenoxy) is 1. The normalized spacial score (nSPS) is 14.6. The zero-order valence-electron chi connectivity index (χ0n) is 17.8. The van der Waals surface area contributed by atoms with E-state index in [1.807, 2.05) is 55.1 Å². The van der Waals surface area contributed by atoms with Gasteiger partial charge in [0.2, 0.25) is 0 Å². The first-order valence-corrected chi connectivity index (χ1v) is 11.2. The molecular formula is C24H26BrN3O3. The van der Waals surface area contributed by atoms with Crippen LogP contribution in [-0.4, -0.2) is 47.0 Å². The Balaban J connectivity index is 1.37. The minimum atomic E-state index is -0.0956. The maximum Gasteiger partial charge on any atom is 0.276 e. The number of carbonyl (C=O) groups is 1. The Bertz CT molecular complexity index is 1060. The summed E-state index contributed by atoms with van der Waals surface area (Å²) in [6.07, 6.45) is 0. The molecule has 0 spiro atoms. The van der Waals surface area contributed by atoms with Gasteiger partial charge < -0.3 is 14.2 Å². The van der Waals surface area contributed by atoms with Crippen molar-refractivity contribution < 1.29 is 14.1 Å². The van der Waals surface area contributed by atoms with Crippen LogP contribution in [0.15, 0.2) is 57.5 Å². The molecule has 1 aliphatic rings. The fourth-order valence-corrected chi connectivity index (χ4v) is 4.19. The number of carbonyl (C=O) groups excluding carboxylic acids is 1. The smallest absolute Gasteiger partial charge is 0.276 e. The second-order valence-corrected chi connectivity index (χ2v) is 8.79. The highest BCUT2D eigenvalue weighted by molar-refractivity contribution is 9.10. The van der Waals surface area contributed by atoms with Gasteiger partial charge in [-0.25, -0.2) is 0 Å². The first kappa shape index (κ1) is 21.6. The number of rotatable bonds is 6. The summed E-state index contributed by atoms with van der Waals surface area (Å²) in [6.45, 7) is 7.93. The Morgan fingerprint density at radius 1 is 1.10 bits per heavy atom. The molecule has 1 aliphatic heterocycles. The van der Waals surface area contributed by atoms with E-state index in [0.717, 1.165) is 35.4 Å². The molecule has 0 unspecified atom stereocenters. The monoisotopic (exact) mass is 483 g/mol. The molecule has 1 aromatic heterocycles. The third kappa shape index (κ3) is 5.35. The van der Waals surface area contributed by atoms with Crippen LogP contribution in [0, 0.1) is 13.8 Å². The van der Waals surface area contributed by atoms with Crippen molar-refractivity contribution >= 4 is 21.8 Å². The third-order valence-corrected chi connectivity index (χ3v) is 6.01. The van der Waals surface area contributed by atoms with Crippen LogP contribution in [-0.2, 0) is 13.2 Å². The summed E-state index contributed by atoms with van der Waals surface area (Å²) >= 11 is 3.52. The molecule has 0 aliphatic carbocycles. The van der Waals surface area contributed by atoms with E-state index in [0.29, 0.717) is 30.1 Å². The SMILES string of the molecule is Cc1cccc(OCc2c(C(=O)N3CCN(Cc4cccc(Br)c4)CC3)noc2C)c1. The number of nitrogens with zero attached hydrogens (tertiary/aromatic N) is 3. The van der Waals surface area contributed by atoms with Crippen molar-refractivity contribution in [3.63, 3.8) is 0 Å². The molecule has 2 aromatic carbocycles. The molecule has 6 nitrogen and oxygen atoms in total. The summed E-state index contributed by atoms with van der Waals surface area (Å²) in [5.41, 5.74) is 3.45. The number of halogens is 1. The lowest BCUT2D eigenvalue weighted by Crippen LogP contribution is -2.48. The van der Waals surface area contributed by atoms with E-state index in [1.165, 1.54) is 5.56 Å². The first-order valence-electron chi connectivity index (χ1n) is 10.4. The molecule has 3 aromatic rings. The molecule has 0 bridgehead atoms. The van der Waals surface area contributed by atoms with E-state index >= 15 is 0 Å². The minimum Gasteiger partial charge on any atom is -0.489 e. The van der Waals surface area contributed by atoms with Gasteiger partial charge in [0.05, 0.1) is 5.56 Å². The van der Waals surface area contributed by atoms with Gasteiger partial charge in [0.1, 0.15) is 18.1 Å². The average molecular weight is 484 g/mol. The molecule has 2 heterocycles. The molecule has 31 heavy (non-hydrogen) atoms. The third-order valence-electron chi connectivity index (χ3n) is 5.51. The second kappa shape index (κ2) is 9.66. The van der Waals surface area contributed by atoms with Gasteiger partial charge in [-0.2, -0.15) is 0 Å². The summed E-state index contributed by atoms with van der Waals surface area (Å²) in [7, 11) is 0. The van der Waals surface area contributed by atoms with Gasteiger partial charge in [-0.3, -0.25) is 9.69 Å². The molecule has 1 saturated heterocycles. The number of amides is 1. The van der Waals surface area contributed by atoms with Crippen LogP contribution in [0.5, 0.6) is 5.75 Å². The molecule has 0 N–H and O–H groups in total. The van der Waals surface area contributed by atoms with Crippen LogP contribution < -0.4 is 4.74 Å². The summed E-state index contributed by atoms with van der Waals surface area (Å²) in [5.74, 6) is 1.28. The molecule has 0 atom stereocenters. The van der Waals surface area contributed by atoms with E-state index in [4.69, 9.17) is 9.26 Å². The van der Waals surface area contributed by atoms with Crippen LogP contribution >= 0.6 is 15.9 Å². The van der Waals surface area contributed by atoms with Crippen molar-refractivity contribution in [2.75, 3.05) is 26.2 Å². The van der Waals surface area contributed by atoms with E-state index < -0.39 is 0 Å². The summed E-state index contributed by atoms with van der Waals surface area (Å²) in [5, 5.41) is 4.05. The van der Waals surface area contributed by atoms with E-state index in [9.17, 15) is 4.79 Å². The Kier molecular flexibility index (Phi) is 6.73. The molecule has 0 saturated carbocycles. The predicted octanol–water partition coefficient (Wildman–Crippen LogP) is 4.59. The number of aromatic nitrogens is 1. The van der Waals surface area contributed by atoms with E-state index in [2.05, 4.69) is 38.1 Å². The lowest BCUT2D eigenvalue weighted by atomic mass is 10.1. The van der Waals surface area contributed by atoms with Gasteiger partial charge in [-0.15, -0.1) is 0 Å². The number of benzene rings is 2. The van der Waals surface area contributed by atoms with Crippen molar-refractivity contribution in [2.24, 2.45) is 0 Å². The Labute approximate surface area is 190 Å². The van der Waals surface area contributed by atoms with Gasteiger partial charge >= 0.3 is 0 Å². The number of piperazine rings is 1. The summed E-state index contributed by atoms with van der Waals surface area (Å²) < 4.78 is 12.3. The van der Waals surface area contributed by atoms with Gasteiger partial charge in [-0.05, 0) is 49.2 Å². The summed E-state index contributed by atoms with van der Waals surface area (Å²) in [6, 6.07) is 16.2. The molecule has 0 radical (unpaired) electrons. The number of hydrogen-bond acceptors (Lipinski definition) is 5. The van der Waals surface area contributed by atoms with Crippen molar-refractivity contribution in [1.29, 1.82) is 0 Å². The van der Waals surface area contributed by atoms with Crippen LogP contribution in [0.3, 0.4) is 0 Å². The van der Waals surface area contributed by atoms with Gasteiger partial charge in [0.15, 0.2) is 5.69 Å². The molecule has 4 rings (SSSR count). The highest BCUT2D eigenvalue weighted by Gasteiger charge is 2.28. The minimum absolute atomic E-state index is 0.0956. The summed E-state index contributed by atoms with van der Waals surface area (Å²) in [4.78, 5) is 17.3. The second-order valence-electron chi connectivity index (χ2n) is 7.87. The number of aryl methyl sites for hydroxylation is 2. The topological polar surface area (TPSA) is 58.8 Å². The molecule has 1 fully saturated rings. The predicted molar refractivity (Wildman–Crippen MR) is 122 cm³/mol. The molecule has 7 heteroatoms. The fraction of sp³-hybridized carbons (Fsp3) is 0.333. The van der Waals surface area contributed by atoms with Crippen LogP contribution in [0.25, 0.3) is 0 Å². The standard InChI is InChI=1S/C24H26BrN3O3/c1-17-5-3-8-21(13-17)30-16-22-18(2)31-26-23(22)24(29)28-11-9-27(10-12-28)15-19-6-4-7-20(25)14-19/h3-8,13-14H,9-12,15-16H2,1-2H3. The van der Waals surface area contributed by atoms with Crippen molar-refractivity contribution in [2.45, 2.75) is 27.0 Å². The van der Waals surface area contributed by atoms with Gasteiger partial charge in [0.25, 0.3) is 5.91 Å². The lowest BCUT2D eigenvalue weighted by Gasteiger charge is -2.34. The van der Waals surface area contributed by atoms with Crippen molar-refractivity contribution in [3.05, 3.63) is 81.1 Å². The highest BCUT2D eigenvalue weighted by Crippen LogP contribution is 2.21. The van der Waals surface area contributed by atoms with Crippen LogP contribution in [0.2, 0.25) is 0 Å². The molecule has 162 valence electrons.